The normalized spacial score (nSPS) is 30.1. The molecule has 1 aliphatic carbocycles. The molecule has 18 heavy (non-hydrogen) atoms. The Morgan fingerprint density at radius 1 is 1.22 bits per heavy atom. The van der Waals surface area contributed by atoms with Gasteiger partial charge < -0.3 is 0 Å². The molecule has 106 valence electrons. The molecule has 0 spiro atoms. The summed E-state index contributed by atoms with van der Waals surface area (Å²) < 4.78 is 0. The average molecular weight is 252 g/mol. The minimum atomic E-state index is 0.304. The predicted molar refractivity (Wildman–Crippen MR) is 80.5 cm³/mol. The number of nitrogens with one attached hydrogen (secondary N) is 1. The Kier molecular flexibility index (Phi) is 6.84. The maximum atomic E-state index is 6.99. The lowest BCUT2D eigenvalue weighted by Crippen LogP contribution is -2.40. The predicted octanol–water partition coefficient (Wildman–Crippen LogP) is 5.40. The standard InChI is InChI=1S/C13H24N2.C3H8/c1-10(2)13(5)7-11(15-9-14)6-12(3,4)8-13;1-3-2/h10-11,14H,6-8H2,1-5H3;3H2,1-2H3. The van der Waals surface area contributed by atoms with Crippen molar-refractivity contribution in [3.05, 3.63) is 0 Å². The van der Waals surface area contributed by atoms with Gasteiger partial charge in [-0.1, -0.05) is 54.9 Å². The highest BCUT2D eigenvalue weighted by Gasteiger charge is 2.42. The fourth-order valence-electron chi connectivity index (χ4n) is 3.11. The molecule has 0 heterocycles. The van der Waals surface area contributed by atoms with Crippen LogP contribution >= 0.6 is 0 Å². The van der Waals surface area contributed by atoms with Crippen LogP contribution < -0.4 is 0 Å². The van der Waals surface area contributed by atoms with E-state index in [2.05, 4.69) is 59.5 Å². The van der Waals surface area contributed by atoms with E-state index in [1.54, 1.807) is 0 Å². The number of nitrogens with zero attached hydrogens (tertiary/aromatic N) is 1. The number of hydrogen-bond acceptors (Lipinski definition) is 2. The van der Waals surface area contributed by atoms with E-state index in [4.69, 9.17) is 5.41 Å². The van der Waals surface area contributed by atoms with Crippen molar-refractivity contribution in [2.75, 3.05) is 0 Å². The average Bonchev–Trinajstić information content (AvgIpc) is 2.15. The first-order valence-electron chi connectivity index (χ1n) is 7.32. The summed E-state index contributed by atoms with van der Waals surface area (Å²) in [5.74, 6) is 0.681. The zero-order valence-electron chi connectivity index (χ0n) is 13.4. The molecule has 1 fully saturated rings. The first-order chi connectivity index (χ1) is 8.20. The van der Waals surface area contributed by atoms with Gasteiger partial charge in [-0.25, -0.2) is 10.4 Å². The van der Waals surface area contributed by atoms with Gasteiger partial charge in [0.15, 0.2) is 0 Å². The molecule has 2 atom stereocenters. The second kappa shape index (κ2) is 7.09. The molecule has 0 aromatic carbocycles. The van der Waals surface area contributed by atoms with Crippen molar-refractivity contribution in [2.45, 2.75) is 80.2 Å². The van der Waals surface area contributed by atoms with Gasteiger partial charge in [0.1, 0.15) is 0 Å². The molecule has 2 nitrogen and oxygen atoms in total. The highest BCUT2D eigenvalue weighted by atomic mass is 14.8. The maximum Gasteiger partial charge on any atom is 0.0864 e. The molecule has 0 radical (unpaired) electrons. The third-order valence-corrected chi connectivity index (χ3v) is 4.01. The van der Waals surface area contributed by atoms with E-state index in [0.717, 1.165) is 12.8 Å². The van der Waals surface area contributed by atoms with Crippen molar-refractivity contribution < 1.29 is 0 Å². The van der Waals surface area contributed by atoms with Gasteiger partial charge in [0.05, 0.1) is 12.1 Å². The Balaban J connectivity index is 0.000000873. The number of aliphatic imine (C=N–C) groups is 1. The van der Waals surface area contributed by atoms with E-state index in [1.807, 2.05) is 0 Å². The third kappa shape index (κ3) is 5.35. The van der Waals surface area contributed by atoms with Gasteiger partial charge in [-0.3, -0.25) is 0 Å². The van der Waals surface area contributed by atoms with Crippen LogP contribution in [0.5, 0.6) is 0 Å². The second-order valence-corrected chi connectivity index (χ2v) is 7.16. The molecule has 1 rings (SSSR count). The van der Waals surface area contributed by atoms with E-state index in [0.29, 0.717) is 22.8 Å². The summed E-state index contributed by atoms with van der Waals surface area (Å²) in [5.41, 5.74) is 0.717. The quantitative estimate of drug-likeness (QED) is 0.639. The lowest BCUT2D eigenvalue weighted by atomic mass is 9.59. The van der Waals surface area contributed by atoms with Crippen molar-refractivity contribution in [3.63, 3.8) is 0 Å². The van der Waals surface area contributed by atoms with Crippen LogP contribution in [-0.4, -0.2) is 12.1 Å². The van der Waals surface area contributed by atoms with E-state index in [1.165, 1.54) is 12.8 Å². The van der Waals surface area contributed by atoms with Gasteiger partial charge in [-0.05, 0) is 36.0 Å². The first-order valence-corrected chi connectivity index (χ1v) is 7.32. The molecule has 0 bridgehead atoms. The third-order valence-electron chi connectivity index (χ3n) is 4.01. The molecule has 0 saturated heterocycles. The topological polar surface area (TPSA) is 36.2 Å². The number of hydrogen-bond donors (Lipinski definition) is 1. The van der Waals surface area contributed by atoms with Gasteiger partial charge in [0.2, 0.25) is 0 Å². The highest BCUT2D eigenvalue weighted by Crippen LogP contribution is 2.50. The van der Waals surface area contributed by atoms with E-state index in [-0.39, 0.29) is 0 Å². The van der Waals surface area contributed by atoms with Gasteiger partial charge in [-0.15, -0.1) is 0 Å². The summed E-state index contributed by atoms with van der Waals surface area (Å²) in [6.45, 7) is 15.8. The number of rotatable bonds is 2. The van der Waals surface area contributed by atoms with Crippen LogP contribution in [0.1, 0.15) is 74.1 Å². The fourth-order valence-corrected chi connectivity index (χ4v) is 3.11. The first kappa shape index (κ1) is 17.4. The highest BCUT2D eigenvalue weighted by molar-refractivity contribution is 5.36. The summed E-state index contributed by atoms with van der Waals surface area (Å²) in [6.07, 6.45) is 4.73. The van der Waals surface area contributed by atoms with Crippen LogP contribution in [0.4, 0.5) is 0 Å². The molecule has 1 N–H and O–H groups in total. The van der Waals surface area contributed by atoms with Crippen LogP contribution in [0.2, 0.25) is 0 Å². The fraction of sp³-hybridized carbons (Fsp3) is 0.938. The Morgan fingerprint density at radius 2 is 1.72 bits per heavy atom. The maximum absolute atomic E-state index is 6.99. The Morgan fingerprint density at radius 3 is 2.11 bits per heavy atom. The summed E-state index contributed by atoms with van der Waals surface area (Å²) in [4.78, 5) is 4.17. The van der Waals surface area contributed by atoms with Crippen molar-refractivity contribution in [3.8, 4) is 0 Å². The lowest BCUT2D eigenvalue weighted by Gasteiger charge is -2.47. The molecule has 0 aromatic rings. The summed E-state index contributed by atoms with van der Waals surface area (Å²) in [7, 11) is 0. The van der Waals surface area contributed by atoms with Crippen LogP contribution in [0, 0.1) is 22.2 Å². The SMILES string of the molecule is CC(C)C1(C)CC(N=C=N)CC(C)(C)C1.CCC. The van der Waals surface area contributed by atoms with Crippen LogP contribution in [0.25, 0.3) is 0 Å². The molecular formula is C16H32N2. The van der Waals surface area contributed by atoms with E-state index in [9.17, 15) is 0 Å². The van der Waals surface area contributed by atoms with Crippen molar-refractivity contribution in [1.29, 1.82) is 5.41 Å². The van der Waals surface area contributed by atoms with Crippen molar-refractivity contribution in [1.82, 2.24) is 0 Å². The minimum absolute atomic E-state index is 0.304. The molecule has 2 unspecified atom stereocenters. The largest absolute Gasteiger partial charge is 0.242 e. The van der Waals surface area contributed by atoms with Gasteiger partial charge >= 0.3 is 0 Å². The van der Waals surface area contributed by atoms with E-state index < -0.39 is 0 Å². The van der Waals surface area contributed by atoms with E-state index >= 15 is 0 Å². The van der Waals surface area contributed by atoms with Crippen molar-refractivity contribution in [2.24, 2.45) is 21.7 Å². The molecule has 0 aliphatic heterocycles. The Bertz CT molecular complexity index is 287. The molecule has 2 heteroatoms. The summed E-state index contributed by atoms with van der Waals surface area (Å²) in [5, 5.41) is 6.99. The van der Waals surface area contributed by atoms with Gasteiger partial charge in [0, 0.05) is 0 Å². The lowest BCUT2D eigenvalue weighted by molar-refractivity contribution is 0.0452. The van der Waals surface area contributed by atoms with Crippen LogP contribution in [-0.2, 0) is 0 Å². The van der Waals surface area contributed by atoms with Gasteiger partial charge in [-0.2, -0.15) is 0 Å². The molecule has 0 aromatic heterocycles. The van der Waals surface area contributed by atoms with Crippen molar-refractivity contribution >= 4 is 6.01 Å². The smallest absolute Gasteiger partial charge is 0.0864 e. The molecular weight excluding hydrogens is 220 g/mol. The molecule has 1 aliphatic rings. The summed E-state index contributed by atoms with van der Waals surface area (Å²) in [6, 6.07) is 2.53. The molecule has 1 saturated carbocycles. The summed E-state index contributed by atoms with van der Waals surface area (Å²) >= 11 is 0. The second-order valence-electron chi connectivity index (χ2n) is 7.16. The van der Waals surface area contributed by atoms with Crippen LogP contribution in [0.15, 0.2) is 4.99 Å². The van der Waals surface area contributed by atoms with Gasteiger partial charge in [0.25, 0.3) is 0 Å². The zero-order chi connectivity index (χ0) is 14.4. The zero-order valence-corrected chi connectivity index (χ0v) is 13.4. The molecule has 0 amide bonds. The van der Waals surface area contributed by atoms with Crippen LogP contribution in [0.3, 0.4) is 0 Å². The Labute approximate surface area is 114 Å². The minimum Gasteiger partial charge on any atom is -0.242 e. The Hall–Kier alpha value is -0.620. The monoisotopic (exact) mass is 252 g/mol.